The van der Waals surface area contributed by atoms with E-state index in [4.69, 9.17) is 21.1 Å². The Morgan fingerprint density at radius 1 is 1.42 bits per heavy atom. The Kier molecular flexibility index (Phi) is 2.19. The molecule has 0 amide bonds. The smallest absolute Gasteiger partial charge is 0.200 e. The van der Waals surface area contributed by atoms with Crippen LogP contribution in [-0.4, -0.2) is 18.3 Å². The van der Waals surface area contributed by atoms with Crippen molar-refractivity contribution in [1.82, 2.24) is 0 Å². The average Bonchev–Trinajstić information content (AvgIpc) is 2.88. The van der Waals surface area contributed by atoms with Gasteiger partial charge in [0.05, 0.1) is 6.61 Å². The molecule has 0 aromatic heterocycles. The quantitative estimate of drug-likeness (QED) is 0.530. The molecule has 1 aliphatic rings. The zero-order valence-electron chi connectivity index (χ0n) is 6.44. The maximum atomic E-state index is 5.87. The summed E-state index contributed by atoms with van der Waals surface area (Å²) in [5, 5.41) is 0. The van der Waals surface area contributed by atoms with Crippen molar-refractivity contribution < 1.29 is 9.47 Å². The molecule has 2 atom stereocenters. The lowest BCUT2D eigenvalue weighted by molar-refractivity contribution is 0.228. The average molecular weight is 185 g/mol. The normalized spacial score (nSPS) is 23.2. The highest BCUT2D eigenvalue weighted by molar-refractivity contribution is 6.20. The standard InChI is InChI=1S/C9H9ClO2/c10-9(8-6-11-8)12-7-4-2-1-3-5-7/h1-5,8-9H,6H2. The third-order valence-electron chi connectivity index (χ3n) is 1.64. The fourth-order valence-corrected chi connectivity index (χ4v) is 1.16. The van der Waals surface area contributed by atoms with E-state index >= 15 is 0 Å². The summed E-state index contributed by atoms with van der Waals surface area (Å²) in [5.41, 5.74) is -0.354. The second-order valence-corrected chi connectivity index (χ2v) is 3.08. The third kappa shape index (κ3) is 1.90. The van der Waals surface area contributed by atoms with E-state index < -0.39 is 0 Å². The molecule has 0 bridgehead atoms. The van der Waals surface area contributed by atoms with E-state index in [2.05, 4.69) is 0 Å². The summed E-state index contributed by atoms with van der Waals surface area (Å²) in [6, 6.07) is 9.50. The highest BCUT2D eigenvalue weighted by Gasteiger charge is 2.32. The topological polar surface area (TPSA) is 21.8 Å². The zero-order valence-corrected chi connectivity index (χ0v) is 7.20. The number of alkyl halides is 1. The molecule has 2 rings (SSSR count). The number of hydrogen-bond donors (Lipinski definition) is 0. The molecule has 0 N–H and O–H groups in total. The molecular formula is C9H9ClO2. The Balaban J connectivity index is 1.94. The molecule has 3 heteroatoms. The number of benzene rings is 1. The maximum absolute atomic E-state index is 5.87. The van der Waals surface area contributed by atoms with Crippen LogP contribution in [0.4, 0.5) is 0 Å². The number of epoxide rings is 1. The molecule has 2 nitrogen and oxygen atoms in total. The summed E-state index contributed by atoms with van der Waals surface area (Å²) in [6.07, 6.45) is 0.0758. The maximum Gasteiger partial charge on any atom is 0.200 e. The first-order valence-corrected chi connectivity index (χ1v) is 4.27. The highest BCUT2D eigenvalue weighted by Crippen LogP contribution is 2.22. The zero-order chi connectivity index (χ0) is 8.39. The summed E-state index contributed by atoms with van der Waals surface area (Å²) in [5.74, 6) is 0.785. The Morgan fingerprint density at radius 3 is 2.67 bits per heavy atom. The summed E-state index contributed by atoms with van der Waals surface area (Å²) in [6.45, 7) is 0.709. The van der Waals surface area contributed by atoms with Crippen LogP contribution < -0.4 is 4.74 Å². The molecular weight excluding hydrogens is 176 g/mol. The first kappa shape index (κ1) is 7.90. The van der Waals surface area contributed by atoms with Crippen molar-refractivity contribution in [3.05, 3.63) is 30.3 Å². The van der Waals surface area contributed by atoms with Gasteiger partial charge in [0.15, 0.2) is 5.56 Å². The lowest BCUT2D eigenvalue weighted by atomic mass is 10.3. The number of halogens is 1. The molecule has 1 fully saturated rings. The molecule has 2 unspecified atom stereocenters. The van der Waals surface area contributed by atoms with Crippen molar-refractivity contribution in [1.29, 1.82) is 0 Å². The molecule has 0 aliphatic carbocycles. The van der Waals surface area contributed by atoms with Crippen LogP contribution in [-0.2, 0) is 4.74 Å². The Labute approximate surface area is 76.1 Å². The van der Waals surface area contributed by atoms with Crippen LogP contribution in [0.1, 0.15) is 0 Å². The van der Waals surface area contributed by atoms with Gasteiger partial charge in [0.1, 0.15) is 11.9 Å². The molecule has 1 heterocycles. The van der Waals surface area contributed by atoms with E-state index in [1.165, 1.54) is 0 Å². The lowest BCUT2D eigenvalue weighted by Gasteiger charge is -2.09. The van der Waals surface area contributed by atoms with Crippen LogP contribution >= 0.6 is 11.6 Å². The number of rotatable bonds is 3. The van der Waals surface area contributed by atoms with Gasteiger partial charge in [-0.15, -0.1) is 0 Å². The monoisotopic (exact) mass is 184 g/mol. The van der Waals surface area contributed by atoms with Gasteiger partial charge >= 0.3 is 0 Å². The summed E-state index contributed by atoms with van der Waals surface area (Å²) < 4.78 is 10.4. The van der Waals surface area contributed by atoms with E-state index in [-0.39, 0.29) is 11.7 Å². The van der Waals surface area contributed by atoms with Crippen LogP contribution in [0.3, 0.4) is 0 Å². The van der Waals surface area contributed by atoms with Gasteiger partial charge in [-0.25, -0.2) is 0 Å². The minimum atomic E-state index is -0.354. The van der Waals surface area contributed by atoms with Gasteiger partial charge in [0.2, 0.25) is 0 Å². The second-order valence-electron chi connectivity index (χ2n) is 2.65. The van der Waals surface area contributed by atoms with Crippen LogP contribution in [0.25, 0.3) is 0 Å². The van der Waals surface area contributed by atoms with Gasteiger partial charge in [0, 0.05) is 0 Å². The van der Waals surface area contributed by atoms with Gasteiger partial charge in [0.25, 0.3) is 0 Å². The van der Waals surface area contributed by atoms with Crippen LogP contribution in [0.15, 0.2) is 30.3 Å². The highest BCUT2D eigenvalue weighted by atomic mass is 35.5. The first-order chi connectivity index (χ1) is 5.86. The molecule has 0 spiro atoms. The first-order valence-electron chi connectivity index (χ1n) is 3.83. The van der Waals surface area contributed by atoms with E-state index in [0.29, 0.717) is 6.61 Å². The number of ether oxygens (including phenoxy) is 2. The fraction of sp³-hybridized carbons (Fsp3) is 0.333. The van der Waals surface area contributed by atoms with E-state index in [9.17, 15) is 0 Å². The SMILES string of the molecule is ClC(Oc1ccccc1)C1CO1. The van der Waals surface area contributed by atoms with Gasteiger partial charge in [-0.2, -0.15) is 0 Å². The van der Waals surface area contributed by atoms with E-state index in [1.807, 2.05) is 30.3 Å². The predicted octanol–water partition coefficient (Wildman–Crippen LogP) is 2.03. The molecule has 1 aromatic carbocycles. The van der Waals surface area contributed by atoms with Crippen LogP contribution in [0, 0.1) is 0 Å². The third-order valence-corrected chi connectivity index (χ3v) is 2.01. The molecule has 1 aromatic rings. The Bertz CT molecular complexity index is 246. The molecule has 1 aliphatic heterocycles. The van der Waals surface area contributed by atoms with Gasteiger partial charge in [-0.05, 0) is 12.1 Å². The predicted molar refractivity (Wildman–Crippen MR) is 46.5 cm³/mol. The van der Waals surface area contributed by atoms with E-state index in [0.717, 1.165) is 5.75 Å². The summed E-state index contributed by atoms with van der Waals surface area (Å²) in [7, 11) is 0. The second kappa shape index (κ2) is 3.33. The van der Waals surface area contributed by atoms with Crippen molar-refractivity contribution in [2.24, 2.45) is 0 Å². The van der Waals surface area contributed by atoms with Gasteiger partial charge in [-0.3, -0.25) is 0 Å². The summed E-state index contributed by atoms with van der Waals surface area (Å²) >= 11 is 5.87. The van der Waals surface area contributed by atoms with Crippen LogP contribution in [0.2, 0.25) is 0 Å². The lowest BCUT2D eigenvalue weighted by Crippen LogP contribution is -2.15. The molecule has 64 valence electrons. The van der Waals surface area contributed by atoms with Crippen molar-refractivity contribution in [2.45, 2.75) is 11.7 Å². The minimum absolute atomic E-state index is 0.0758. The molecule has 0 saturated carbocycles. The van der Waals surface area contributed by atoms with Crippen molar-refractivity contribution >= 4 is 11.6 Å². The van der Waals surface area contributed by atoms with E-state index in [1.54, 1.807) is 0 Å². The minimum Gasteiger partial charge on any atom is -0.472 e. The van der Waals surface area contributed by atoms with Crippen molar-refractivity contribution in [3.63, 3.8) is 0 Å². The number of para-hydroxylation sites is 1. The van der Waals surface area contributed by atoms with Gasteiger partial charge < -0.3 is 9.47 Å². The van der Waals surface area contributed by atoms with Crippen molar-refractivity contribution in [3.8, 4) is 5.75 Å². The Hall–Kier alpha value is -0.730. The van der Waals surface area contributed by atoms with Crippen molar-refractivity contribution in [2.75, 3.05) is 6.61 Å². The largest absolute Gasteiger partial charge is 0.472 e. The Morgan fingerprint density at radius 2 is 2.08 bits per heavy atom. The fourth-order valence-electron chi connectivity index (χ4n) is 0.912. The molecule has 0 radical (unpaired) electrons. The van der Waals surface area contributed by atoms with Gasteiger partial charge in [-0.1, -0.05) is 29.8 Å². The number of hydrogen-bond acceptors (Lipinski definition) is 2. The molecule has 12 heavy (non-hydrogen) atoms. The van der Waals surface area contributed by atoms with Crippen LogP contribution in [0.5, 0.6) is 5.75 Å². The summed E-state index contributed by atoms with van der Waals surface area (Å²) in [4.78, 5) is 0. The molecule has 1 saturated heterocycles.